The van der Waals surface area contributed by atoms with E-state index in [0.717, 1.165) is 31.9 Å². The van der Waals surface area contributed by atoms with Gasteiger partial charge >= 0.3 is 6.18 Å². The third kappa shape index (κ3) is 2.87. The van der Waals surface area contributed by atoms with Crippen molar-refractivity contribution in [2.45, 2.75) is 56.5 Å². The van der Waals surface area contributed by atoms with Crippen LogP contribution in [-0.2, 0) is 17.5 Å². The smallest absolute Gasteiger partial charge is 0.385 e. The highest BCUT2D eigenvalue weighted by Crippen LogP contribution is 2.55. The van der Waals surface area contributed by atoms with E-state index < -0.39 is 11.9 Å². The van der Waals surface area contributed by atoms with Crippen molar-refractivity contribution in [1.82, 2.24) is 15.5 Å². The molecule has 1 N–H and O–H groups in total. The lowest BCUT2D eigenvalue weighted by Gasteiger charge is -2.17. The molecule has 0 spiro atoms. The number of piperidine rings is 1. The van der Waals surface area contributed by atoms with E-state index in [4.69, 9.17) is 9.26 Å². The number of fused-ring (bicyclic) bond motifs is 4. The Balaban J connectivity index is 1.30. The molecule has 5 nitrogen and oxygen atoms in total. The van der Waals surface area contributed by atoms with Crippen molar-refractivity contribution in [3.63, 3.8) is 0 Å². The molecule has 4 atom stereocenters. The Labute approximate surface area is 165 Å². The molecule has 6 rings (SSSR count). The van der Waals surface area contributed by atoms with Gasteiger partial charge in [0.1, 0.15) is 11.5 Å². The van der Waals surface area contributed by atoms with Crippen LogP contribution in [0.3, 0.4) is 0 Å². The number of nitrogens with zero attached hydrogens (tertiary/aromatic N) is 2. The molecule has 2 aliphatic heterocycles. The van der Waals surface area contributed by atoms with Crippen LogP contribution in [0.15, 0.2) is 34.6 Å². The van der Waals surface area contributed by atoms with E-state index in [1.54, 1.807) is 0 Å². The van der Waals surface area contributed by atoms with Crippen LogP contribution in [0.4, 0.5) is 13.2 Å². The van der Waals surface area contributed by atoms with Crippen LogP contribution in [0.5, 0.6) is 0 Å². The number of ether oxygens (including phenoxy) is 1. The summed E-state index contributed by atoms with van der Waals surface area (Å²) < 4.78 is 52.2. The molecule has 29 heavy (non-hydrogen) atoms. The predicted molar refractivity (Wildman–Crippen MR) is 96.5 cm³/mol. The number of alkyl halides is 3. The highest BCUT2D eigenvalue weighted by Gasteiger charge is 2.58. The molecule has 4 heterocycles. The molecule has 2 aromatic rings. The summed E-state index contributed by atoms with van der Waals surface area (Å²) in [4.78, 5) is 3.57. The Kier molecular flexibility index (Phi) is 3.67. The average molecular weight is 403 g/mol. The molecule has 0 amide bonds. The van der Waals surface area contributed by atoms with Gasteiger partial charge < -0.3 is 14.6 Å². The van der Waals surface area contributed by atoms with Crippen molar-refractivity contribution in [2.75, 3.05) is 0 Å². The average Bonchev–Trinajstić information content (AvgIpc) is 3.58. The van der Waals surface area contributed by atoms with Crippen molar-refractivity contribution >= 4 is 0 Å². The summed E-state index contributed by atoms with van der Waals surface area (Å²) in [7, 11) is 0. The first kappa shape index (κ1) is 17.5. The molecule has 1 saturated heterocycles. The van der Waals surface area contributed by atoms with Gasteiger partial charge in [0.15, 0.2) is 5.69 Å². The zero-order valence-corrected chi connectivity index (χ0v) is 15.6. The third-order valence-electron chi connectivity index (χ3n) is 6.52. The highest BCUT2D eigenvalue weighted by molar-refractivity contribution is 5.66. The second kappa shape index (κ2) is 6.08. The van der Waals surface area contributed by atoms with Crippen LogP contribution < -0.4 is 5.32 Å². The van der Waals surface area contributed by atoms with Gasteiger partial charge in [-0.2, -0.15) is 13.2 Å². The fourth-order valence-corrected chi connectivity index (χ4v) is 4.94. The summed E-state index contributed by atoms with van der Waals surface area (Å²) in [6.07, 6.45) is 3.06. The van der Waals surface area contributed by atoms with E-state index in [0.29, 0.717) is 29.2 Å². The molecule has 0 aromatic carbocycles. The van der Waals surface area contributed by atoms with Crippen LogP contribution in [0, 0.1) is 11.8 Å². The SMILES string of the molecule is FC(F)(F)c1ncccc1-c1noc(C2CC2)c1CO[C@H]1C2CC3CC=C(N3)C21. The van der Waals surface area contributed by atoms with Gasteiger partial charge in [-0.05, 0) is 43.7 Å². The summed E-state index contributed by atoms with van der Waals surface area (Å²) >= 11 is 0. The molecule has 2 aliphatic carbocycles. The maximum atomic E-state index is 13.5. The van der Waals surface area contributed by atoms with Crippen LogP contribution in [0.2, 0.25) is 0 Å². The molecule has 4 aliphatic rings. The normalized spacial score (nSPS) is 30.0. The van der Waals surface area contributed by atoms with Gasteiger partial charge in [-0.1, -0.05) is 11.2 Å². The van der Waals surface area contributed by atoms with Crippen molar-refractivity contribution in [2.24, 2.45) is 11.8 Å². The van der Waals surface area contributed by atoms with Crippen molar-refractivity contribution in [3.8, 4) is 11.3 Å². The first-order chi connectivity index (χ1) is 14.0. The molecule has 3 unspecified atom stereocenters. The van der Waals surface area contributed by atoms with Gasteiger partial charge in [0.05, 0.1) is 12.7 Å². The Morgan fingerprint density at radius 1 is 1.28 bits per heavy atom. The Morgan fingerprint density at radius 2 is 2.14 bits per heavy atom. The number of nitrogens with one attached hydrogen (secondary N) is 1. The second-order valence-corrected chi connectivity index (χ2v) is 8.48. The molecule has 2 saturated carbocycles. The zero-order valence-electron chi connectivity index (χ0n) is 15.6. The molecule has 3 fully saturated rings. The predicted octanol–water partition coefficient (Wildman–Crippen LogP) is 4.41. The van der Waals surface area contributed by atoms with Gasteiger partial charge in [0.25, 0.3) is 0 Å². The molecule has 8 heteroatoms. The van der Waals surface area contributed by atoms with E-state index in [2.05, 4.69) is 21.5 Å². The van der Waals surface area contributed by atoms with E-state index >= 15 is 0 Å². The standard InChI is InChI=1S/C21H20F3N3O2/c22-21(23,24)20-12(2-1-7-25-20)17-14(18(29-27-17)10-3-4-10)9-28-19-13-8-11-5-6-15(26-11)16(13)19/h1-2,6-7,10-11,13,16,19,26H,3-5,8-9H2/t11?,13?,16?,19-/m0/s1. The number of hydrogen-bond donors (Lipinski definition) is 1. The molecule has 0 radical (unpaired) electrons. The monoisotopic (exact) mass is 403 g/mol. The lowest BCUT2D eigenvalue weighted by Crippen LogP contribution is -2.27. The maximum Gasteiger partial charge on any atom is 0.434 e. The van der Waals surface area contributed by atoms with Crippen LogP contribution >= 0.6 is 0 Å². The fourth-order valence-electron chi connectivity index (χ4n) is 4.94. The zero-order chi connectivity index (χ0) is 19.8. The van der Waals surface area contributed by atoms with Gasteiger partial charge in [-0.3, -0.25) is 4.98 Å². The summed E-state index contributed by atoms with van der Waals surface area (Å²) in [5.74, 6) is 1.79. The van der Waals surface area contributed by atoms with E-state index in [1.165, 1.54) is 17.8 Å². The first-order valence-electron chi connectivity index (χ1n) is 10.1. The minimum Gasteiger partial charge on any atom is -0.385 e. The second-order valence-electron chi connectivity index (χ2n) is 8.48. The first-order valence-corrected chi connectivity index (χ1v) is 10.1. The Hall–Kier alpha value is -2.35. The molecule has 2 bridgehead atoms. The van der Waals surface area contributed by atoms with Crippen LogP contribution in [0.25, 0.3) is 11.3 Å². The van der Waals surface area contributed by atoms with Crippen molar-refractivity contribution in [1.29, 1.82) is 0 Å². The quantitative estimate of drug-likeness (QED) is 0.801. The summed E-state index contributed by atoms with van der Waals surface area (Å²) in [6, 6.07) is 3.40. The third-order valence-corrected chi connectivity index (χ3v) is 6.52. The minimum atomic E-state index is -4.56. The number of rotatable bonds is 5. The minimum absolute atomic E-state index is 0.0501. The molecule has 2 aromatic heterocycles. The van der Waals surface area contributed by atoms with E-state index in [-0.39, 0.29) is 29.9 Å². The summed E-state index contributed by atoms with van der Waals surface area (Å²) in [5.41, 5.74) is 1.13. The lowest BCUT2D eigenvalue weighted by molar-refractivity contribution is -0.140. The van der Waals surface area contributed by atoms with Crippen molar-refractivity contribution < 1.29 is 22.4 Å². The fraction of sp³-hybridized carbons (Fsp3) is 0.524. The maximum absolute atomic E-state index is 13.5. The summed E-state index contributed by atoms with van der Waals surface area (Å²) in [5, 5.41) is 7.55. The van der Waals surface area contributed by atoms with Crippen molar-refractivity contribution in [3.05, 3.63) is 47.1 Å². The molecular formula is C21H20F3N3O2. The van der Waals surface area contributed by atoms with Gasteiger partial charge in [-0.25, -0.2) is 0 Å². The Morgan fingerprint density at radius 3 is 2.93 bits per heavy atom. The largest absolute Gasteiger partial charge is 0.434 e. The van der Waals surface area contributed by atoms with Gasteiger partial charge in [0, 0.05) is 40.9 Å². The van der Waals surface area contributed by atoms with E-state index in [1.807, 2.05) is 0 Å². The van der Waals surface area contributed by atoms with Crippen LogP contribution in [0.1, 0.15) is 48.6 Å². The Bertz CT molecular complexity index is 995. The number of hydrogen-bond acceptors (Lipinski definition) is 5. The van der Waals surface area contributed by atoms with Gasteiger partial charge in [0.2, 0.25) is 0 Å². The summed E-state index contributed by atoms with van der Waals surface area (Å²) in [6.45, 7) is 0.215. The number of halogens is 3. The lowest BCUT2D eigenvalue weighted by atomic mass is 10.0. The number of aromatic nitrogens is 2. The number of pyridine rings is 1. The van der Waals surface area contributed by atoms with E-state index in [9.17, 15) is 13.2 Å². The topological polar surface area (TPSA) is 60.2 Å². The highest BCUT2D eigenvalue weighted by atomic mass is 19.4. The molecule has 152 valence electrons. The van der Waals surface area contributed by atoms with Crippen LogP contribution in [-0.4, -0.2) is 22.3 Å². The molecular weight excluding hydrogens is 383 g/mol. The van der Waals surface area contributed by atoms with Gasteiger partial charge in [-0.15, -0.1) is 0 Å².